The van der Waals surface area contributed by atoms with Crippen LogP contribution in [0.5, 0.6) is 0 Å². The highest BCUT2D eigenvalue weighted by Gasteiger charge is 2.15. The lowest BCUT2D eigenvalue weighted by atomic mass is 10.2. The summed E-state index contributed by atoms with van der Waals surface area (Å²) in [5, 5.41) is 10.4. The van der Waals surface area contributed by atoms with Gasteiger partial charge in [-0.3, -0.25) is 0 Å². The van der Waals surface area contributed by atoms with Crippen LogP contribution in [-0.4, -0.2) is 21.3 Å². The molecule has 0 saturated heterocycles. The first-order chi connectivity index (χ1) is 8.25. The molecule has 3 nitrogen and oxygen atoms in total. The molecule has 1 N–H and O–H groups in total. The van der Waals surface area contributed by atoms with Gasteiger partial charge in [-0.15, -0.1) is 11.8 Å². The highest BCUT2D eigenvalue weighted by atomic mass is 32.2. The number of pyridine rings is 1. The second kappa shape index (κ2) is 6.05. The van der Waals surface area contributed by atoms with E-state index in [1.807, 2.05) is 0 Å². The number of thioether (sulfide) groups is 1. The Morgan fingerprint density at radius 3 is 2.65 bits per heavy atom. The Balaban J connectivity index is 2.01. The number of carbonyl (C=O) groups is 1. The highest BCUT2D eigenvalue weighted by Crippen LogP contribution is 2.31. The first-order valence-corrected chi connectivity index (χ1v) is 6.99. The summed E-state index contributed by atoms with van der Waals surface area (Å²) in [5.41, 5.74) is 0.330. The zero-order valence-corrected chi connectivity index (χ0v) is 10.6. The van der Waals surface area contributed by atoms with Gasteiger partial charge >= 0.3 is 5.97 Å². The molecule has 1 heterocycles. The summed E-state index contributed by atoms with van der Waals surface area (Å²) >= 11 is 1.74. The first-order valence-electron chi connectivity index (χ1n) is 6.12. The number of aromatic carboxylic acids is 1. The molecule has 1 aromatic rings. The van der Waals surface area contributed by atoms with Crippen molar-refractivity contribution in [3.8, 4) is 0 Å². The van der Waals surface area contributed by atoms with Crippen molar-refractivity contribution in [2.24, 2.45) is 0 Å². The summed E-state index contributed by atoms with van der Waals surface area (Å²) < 4.78 is 0. The average Bonchev–Trinajstić information content (AvgIpc) is 2.58. The smallest absolute Gasteiger partial charge is 0.335 e. The van der Waals surface area contributed by atoms with E-state index >= 15 is 0 Å². The minimum absolute atomic E-state index is 0.330. The van der Waals surface area contributed by atoms with E-state index in [1.54, 1.807) is 30.1 Å². The SMILES string of the molecule is O=C(O)c1ccnc(SC2CCCCCC2)c1. The predicted molar refractivity (Wildman–Crippen MR) is 68.5 cm³/mol. The molecule has 1 aromatic heterocycles. The van der Waals surface area contributed by atoms with Crippen molar-refractivity contribution in [3.05, 3.63) is 23.9 Å². The fraction of sp³-hybridized carbons (Fsp3) is 0.538. The van der Waals surface area contributed by atoms with Gasteiger partial charge in [0.25, 0.3) is 0 Å². The third kappa shape index (κ3) is 3.73. The summed E-state index contributed by atoms with van der Waals surface area (Å²) in [6, 6.07) is 3.22. The highest BCUT2D eigenvalue weighted by molar-refractivity contribution is 7.99. The number of carboxylic acids is 1. The Morgan fingerprint density at radius 1 is 1.29 bits per heavy atom. The van der Waals surface area contributed by atoms with E-state index in [2.05, 4.69) is 4.98 Å². The van der Waals surface area contributed by atoms with Crippen molar-refractivity contribution >= 4 is 17.7 Å². The minimum Gasteiger partial charge on any atom is -0.478 e. The van der Waals surface area contributed by atoms with Gasteiger partial charge in [0.2, 0.25) is 0 Å². The molecule has 2 rings (SSSR count). The van der Waals surface area contributed by atoms with Crippen molar-refractivity contribution in [1.29, 1.82) is 0 Å². The Bertz CT molecular complexity index is 387. The van der Waals surface area contributed by atoms with Crippen LogP contribution in [0.2, 0.25) is 0 Å². The van der Waals surface area contributed by atoms with Gasteiger partial charge in [-0.1, -0.05) is 25.7 Å². The molecule has 0 unspecified atom stereocenters. The predicted octanol–water partition coefficient (Wildman–Crippen LogP) is 3.59. The fourth-order valence-electron chi connectivity index (χ4n) is 2.14. The molecular weight excluding hydrogens is 234 g/mol. The number of hydrogen-bond acceptors (Lipinski definition) is 3. The zero-order chi connectivity index (χ0) is 12.1. The van der Waals surface area contributed by atoms with E-state index in [1.165, 1.54) is 38.5 Å². The van der Waals surface area contributed by atoms with E-state index in [0.717, 1.165) is 5.03 Å². The van der Waals surface area contributed by atoms with Gasteiger partial charge in [0.1, 0.15) is 0 Å². The lowest BCUT2D eigenvalue weighted by Crippen LogP contribution is -2.02. The zero-order valence-electron chi connectivity index (χ0n) is 9.76. The molecule has 92 valence electrons. The largest absolute Gasteiger partial charge is 0.478 e. The van der Waals surface area contributed by atoms with E-state index in [0.29, 0.717) is 10.8 Å². The molecule has 1 fully saturated rings. The van der Waals surface area contributed by atoms with Crippen LogP contribution in [0.4, 0.5) is 0 Å². The van der Waals surface area contributed by atoms with E-state index in [9.17, 15) is 4.79 Å². The average molecular weight is 251 g/mol. The molecule has 1 aliphatic carbocycles. The topological polar surface area (TPSA) is 50.2 Å². The first kappa shape index (κ1) is 12.4. The molecule has 17 heavy (non-hydrogen) atoms. The lowest BCUT2D eigenvalue weighted by Gasteiger charge is -2.12. The standard InChI is InChI=1S/C13H17NO2S/c15-13(16)10-7-8-14-12(9-10)17-11-5-3-1-2-4-6-11/h7-9,11H,1-6H2,(H,15,16). The quantitative estimate of drug-likeness (QED) is 0.834. The molecule has 0 radical (unpaired) electrons. The third-order valence-corrected chi connectivity index (χ3v) is 4.34. The van der Waals surface area contributed by atoms with E-state index in [4.69, 9.17) is 5.11 Å². The normalized spacial score (nSPS) is 17.6. The van der Waals surface area contributed by atoms with Crippen LogP contribution < -0.4 is 0 Å². The second-order valence-electron chi connectivity index (χ2n) is 4.42. The molecule has 0 amide bonds. The summed E-state index contributed by atoms with van der Waals surface area (Å²) in [4.78, 5) is 15.1. The van der Waals surface area contributed by atoms with Gasteiger partial charge in [-0.05, 0) is 25.0 Å². The van der Waals surface area contributed by atoms with E-state index in [-0.39, 0.29) is 0 Å². The Morgan fingerprint density at radius 2 is 2.00 bits per heavy atom. The summed E-state index contributed by atoms with van der Waals surface area (Å²) in [7, 11) is 0. The molecule has 0 bridgehead atoms. The molecule has 0 aromatic carbocycles. The molecule has 1 saturated carbocycles. The van der Waals surface area contributed by atoms with Crippen molar-refractivity contribution in [1.82, 2.24) is 4.98 Å². The van der Waals surface area contributed by atoms with Crippen LogP contribution in [0.25, 0.3) is 0 Å². The summed E-state index contributed by atoms with van der Waals surface area (Å²) in [6.07, 6.45) is 9.28. The van der Waals surface area contributed by atoms with Crippen LogP contribution in [0, 0.1) is 0 Å². The molecular formula is C13H17NO2S. The maximum Gasteiger partial charge on any atom is 0.335 e. The summed E-state index contributed by atoms with van der Waals surface area (Å²) in [6.45, 7) is 0. The van der Waals surface area contributed by atoms with Crippen LogP contribution in [0.1, 0.15) is 48.9 Å². The van der Waals surface area contributed by atoms with Crippen molar-refractivity contribution in [3.63, 3.8) is 0 Å². The van der Waals surface area contributed by atoms with E-state index < -0.39 is 5.97 Å². The minimum atomic E-state index is -0.880. The van der Waals surface area contributed by atoms with Crippen LogP contribution in [0.3, 0.4) is 0 Å². The van der Waals surface area contributed by atoms with Crippen LogP contribution in [0.15, 0.2) is 23.4 Å². The number of nitrogens with zero attached hydrogens (tertiary/aromatic N) is 1. The van der Waals surface area contributed by atoms with Crippen LogP contribution >= 0.6 is 11.8 Å². The fourth-order valence-corrected chi connectivity index (χ4v) is 3.36. The van der Waals surface area contributed by atoms with Crippen molar-refractivity contribution in [2.45, 2.75) is 48.8 Å². The maximum atomic E-state index is 10.9. The Labute approximate surface area is 106 Å². The van der Waals surface area contributed by atoms with Crippen LogP contribution in [-0.2, 0) is 0 Å². The Hall–Kier alpha value is -1.03. The maximum absolute atomic E-state index is 10.9. The third-order valence-electron chi connectivity index (χ3n) is 3.07. The number of carboxylic acid groups (broad SMARTS) is 1. The van der Waals surface area contributed by atoms with Crippen molar-refractivity contribution < 1.29 is 9.90 Å². The molecule has 4 heteroatoms. The molecule has 0 atom stereocenters. The van der Waals surface area contributed by atoms with Gasteiger partial charge in [0.15, 0.2) is 0 Å². The number of aromatic nitrogens is 1. The number of hydrogen-bond donors (Lipinski definition) is 1. The monoisotopic (exact) mass is 251 g/mol. The van der Waals surface area contributed by atoms with Gasteiger partial charge in [-0.25, -0.2) is 9.78 Å². The van der Waals surface area contributed by atoms with Crippen molar-refractivity contribution in [2.75, 3.05) is 0 Å². The molecule has 1 aliphatic rings. The molecule has 0 spiro atoms. The van der Waals surface area contributed by atoms with Gasteiger partial charge in [0, 0.05) is 11.4 Å². The lowest BCUT2D eigenvalue weighted by molar-refractivity contribution is 0.0696. The molecule has 0 aliphatic heterocycles. The Kier molecular flexibility index (Phi) is 4.42. The van der Waals surface area contributed by atoms with Gasteiger partial charge in [0.05, 0.1) is 10.6 Å². The van der Waals surface area contributed by atoms with Gasteiger partial charge in [-0.2, -0.15) is 0 Å². The van der Waals surface area contributed by atoms with Gasteiger partial charge < -0.3 is 5.11 Å². The summed E-state index contributed by atoms with van der Waals surface area (Å²) in [5.74, 6) is -0.880. The second-order valence-corrected chi connectivity index (χ2v) is 5.74. The number of rotatable bonds is 3.